The van der Waals surface area contributed by atoms with Gasteiger partial charge in [0.25, 0.3) is 0 Å². The molecule has 0 aliphatic carbocycles. The van der Waals surface area contributed by atoms with Crippen LogP contribution in [-0.2, 0) is 6.42 Å². The molecule has 108 valence electrons. The minimum atomic E-state index is -0.0962. The SMILES string of the molecule is O=C(NCC1Cc2ccccc2O1)N1CCCC1CO. The Morgan fingerprint density at radius 2 is 2.30 bits per heavy atom. The maximum atomic E-state index is 12.1. The molecule has 3 rings (SSSR count). The Bertz CT molecular complexity index is 467. The first-order valence-electron chi connectivity index (χ1n) is 7.18. The normalized spacial score (nSPS) is 24.4. The highest BCUT2D eigenvalue weighted by Gasteiger charge is 2.29. The number of hydrogen-bond donors (Lipinski definition) is 2. The minimum Gasteiger partial charge on any atom is -0.488 e. The van der Waals surface area contributed by atoms with Gasteiger partial charge in [-0.2, -0.15) is 0 Å². The molecule has 0 spiro atoms. The van der Waals surface area contributed by atoms with E-state index in [9.17, 15) is 9.90 Å². The van der Waals surface area contributed by atoms with Gasteiger partial charge in [0.05, 0.1) is 19.2 Å². The van der Waals surface area contributed by atoms with Crippen molar-refractivity contribution in [3.05, 3.63) is 29.8 Å². The third kappa shape index (κ3) is 2.58. The third-order valence-electron chi connectivity index (χ3n) is 4.04. The molecule has 2 aliphatic heterocycles. The Hall–Kier alpha value is -1.75. The van der Waals surface area contributed by atoms with Crippen LogP contribution in [0.15, 0.2) is 24.3 Å². The van der Waals surface area contributed by atoms with Crippen molar-refractivity contribution in [2.45, 2.75) is 31.4 Å². The second-order valence-corrected chi connectivity index (χ2v) is 5.41. The Morgan fingerprint density at radius 1 is 1.45 bits per heavy atom. The number of aliphatic hydroxyl groups is 1. The largest absolute Gasteiger partial charge is 0.488 e. The van der Waals surface area contributed by atoms with Crippen molar-refractivity contribution in [1.82, 2.24) is 10.2 Å². The number of fused-ring (bicyclic) bond motifs is 1. The lowest BCUT2D eigenvalue weighted by Crippen LogP contribution is -2.46. The van der Waals surface area contributed by atoms with Crippen LogP contribution in [0.1, 0.15) is 18.4 Å². The predicted octanol–water partition coefficient (Wildman–Crippen LogP) is 1.16. The predicted molar refractivity (Wildman–Crippen MR) is 74.8 cm³/mol. The summed E-state index contributed by atoms with van der Waals surface area (Å²) in [7, 11) is 0. The van der Waals surface area contributed by atoms with Crippen molar-refractivity contribution in [3.63, 3.8) is 0 Å². The van der Waals surface area contributed by atoms with E-state index < -0.39 is 0 Å². The second kappa shape index (κ2) is 5.71. The average Bonchev–Trinajstić information content (AvgIpc) is 3.10. The number of amides is 2. The Labute approximate surface area is 118 Å². The molecule has 1 aromatic rings. The maximum Gasteiger partial charge on any atom is 0.317 e. The lowest BCUT2D eigenvalue weighted by molar-refractivity contribution is 0.152. The van der Waals surface area contributed by atoms with Crippen LogP contribution in [0.3, 0.4) is 0 Å². The first kappa shape index (κ1) is 13.2. The molecule has 1 aromatic carbocycles. The highest BCUT2D eigenvalue weighted by molar-refractivity contribution is 5.74. The zero-order valence-corrected chi connectivity index (χ0v) is 11.4. The molecule has 5 heteroatoms. The number of likely N-dealkylation sites (tertiary alicyclic amines) is 1. The van der Waals surface area contributed by atoms with Crippen LogP contribution in [-0.4, -0.2) is 47.9 Å². The number of aliphatic hydroxyl groups excluding tert-OH is 1. The van der Waals surface area contributed by atoms with Crippen LogP contribution in [0.2, 0.25) is 0 Å². The van der Waals surface area contributed by atoms with Gasteiger partial charge in [0, 0.05) is 13.0 Å². The maximum absolute atomic E-state index is 12.1. The van der Waals surface area contributed by atoms with Crippen molar-refractivity contribution >= 4 is 6.03 Å². The number of nitrogens with one attached hydrogen (secondary N) is 1. The van der Waals surface area contributed by atoms with Gasteiger partial charge in [-0.25, -0.2) is 4.79 Å². The smallest absolute Gasteiger partial charge is 0.317 e. The van der Waals surface area contributed by atoms with E-state index in [0.717, 1.165) is 31.6 Å². The number of benzene rings is 1. The molecule has 2 unspecified atom stereocenters. The second-order valence-electron chi connectivity index (χ2n) is 5.41. The summed E-state index contributed by atoms with van der Waals surface area (Å²) in [5.41, 5.74) is 1.20. The molecule has 2 heterocycles. The zero-order chi connectivity index (χ0) is 13.9. The number of ether oxygens (including phenoxy) is 1. The van der Waals surface area contributed by atoms with Crippen LogP contribution >= 0.6 is 0 Å². The van der Waals surface area contributed by atoms with Crippen molar-refractivity contribution in [1.29, 1.82) is 0 Å². The summed E-state index contributed by atoms with van der Waals surface area (Å²) < 4.78 is 5.79. The van der Waals surface area contributed by atoms with Crippen molar-refractivity contribution in [3.8, 4) is 5.75 Å². The molecule has 2 amide bonds. The van der Waals surface area contributed by atoms with Crippen molar-refractivity contribution in [2.75, 3.05) is 19.7 Å². The van der Waals surface area contributed by atoms with Crippen LogP contribution in [0.5, 0.6) is 5.75 Å². The summed E-state index contributed by atoms with van der Waals surface area (Å²) in [6.45, 7) is 1.27. The summed E-state index contributed by atoms with van der Waals surface area (Å²) >= 11 is 0. The lowest BCUT2D eigenvalue weighted by atomic mass is 10.1. The monoisotopic (exact) mass is 276 g/mol. The van der Waals surface area contributed by atoms with Gasteiger partial charge in [-0.15, -0.1) is 0 Å². The summed E-state index contributed by atoms with van der Waals surface area (Å²) in [4.78, 5) is 13.8. The number of para-hydroxylation sites is 1. The van der Waals surface area contributed by atoms with Gasteiger partial charge in [0.1, 0.15) is 11.9 Å². The van der Waals surface area contributed by atoms with E-state index in [1.54, 1.807) is 4.90 Å². The average molecular weight is 276 g/mol. The van der Waals surface area contributed by atoms with Crippen molar-refractivity contribution < 1.29 is 14.6 Å². The van der Waals surface area contributed by atoms with Gasteiger partial charge >= 0.3 is 6.03 Å². The topological polar surface area (TPSA) is 61.8 Å². The van der Waals surface area contributed by atoms with E-state index in [1.165, 1.54) is 5.56 Å². The number of rotatable bonds is 3. The van der Waals surface area contributed by atoms with Crippen LogP contribution in [0.25, 0.3) is 0 Å². The summed E-state index contributed by atoms with van der Waals surface area (Å²) in [5, 5.41) is 12.2. The molecule has 0 aromatic heterocycles. The Balaban J connectivity index is 1.50. The molecule has 0 bridgehead atoms. The highest BCUT2D eigenvalue weighted by atomic mass is 16.5. The Kier molecular flexibility index (Phi) is 3.78. The fourth-order valence-electron chi connectivity index (χ4n) is 2.96. The van der Waals surface area contributed by atoms with Gasteiger partial charge in [-0.05, 0) is 24.5 Å². The standard InChI is InChI=1S/C15H20N2O3/c18-10-12-5-3-7-17(12)15(19)16-9-13-8-11-4-1-2-6-14(11)20-13/h1-2,4,6,12-13,18H,3,5,7-10H2,(H,16,19). The minimum absolute atomic E-state index is 0.00605. The molecule has 0 radical (unpaired) electrons. The molecule has 1 fully saturated rings. The molecular weight excluding hydrogens is 256 g/mol. The van der Waals surface area contributed by atoms with E-state index in [0.29, 0.717) is 6.54 Å². The van der Waals surface area contributed by atoms with E-state index >= 15 is 0 Å². The number of nitrogens with zero attached hydrogens (tertiary/aromatic N) is 1. The van der Waals surface area contributed by atoms with E-state index in [4.69, 9.17) is 4.74 Å². The molecular formula is C15H20N2O3. The van der Waals surface area contributed by atoms with E-state index in [1.807, 2.05) is 18.2 Å². The molecule has 0 saturated carbocycles. The number of carbonyl (C=O) groups is 1. The van der Waals surface area contributed by atoms with Gasteiger partial charge in [-0.3, -0.25) is 0 Å². The summed E-state index contributed by atoms with van der Waals surface area (Å²) in [6, 6.07) is 7.84. The third-order valence-corrected chi connectivity index (χ3v) is 4.04. The lowest BCUT2D eigenvalue weighted by Gasteiger charge is -2.24. The number of carbonyl (C=O) groups excluding carboxylic acids is 1. The van der Waals surface area contributed by atoms with Crippen LogP contribution in [0, 0.1) is 0 Å². The van der Waals surface area contributed by atoms with E-state index in [2.05, 4.69) is 11.4 Å². The van der Waals surface area contributed by atoms with E-state index in [-0.39, 0.29) is 24.8 Å². The van der Waals surface area contributed by atoms with Gasteiger partial charge < -0.3 is 20.1 Å². The summed E-state index contributed by atoms with van der Waals surface area (Å²) in [5.74, 6) is 0.918. The quantitative estimate of drug-likeness (QED) is 0.871. The molecule has 1 saturated heterocycles. The van der Waals surface area contributed by atoms with Crippen molar-refractivity contribution in [2.24, 2.45) is 0 Å². The fourth-order valence-corrected chi connectivity index (χ4v) is 2.96. The molecule has 2 aliphatic rings. The van der Waals surface area contributed by atoms with Gasteiger partial charge in [0.15, 0.2) is 0 Å². The molecule has 2 N–H and O–H groups in total. The van der Waals surface area contributed by atoms with Crippen LogP contribution < -0.4 is 10.1 Å². The molecule has 5 nitrogen and oxygen atoms in total. The number of urea groups is 1. The summed E-state index contributed by atoms with van der Waals surface area (Å²) in [6.07, 6.45) is 2.69. The van der Waals surface area contributed by atoms with Crippen LogP contribution in [0.4, 0.5) is 4.79 Å². The molecule has 2 atom stereocenters. The number of hydrogen-bond acceptors (Lipinski definition) is 3. The Morgan fingerprint density at radius 3 is 3.10 bits per heavy atom. The highest BCUT2D eigenvalue weighted by Crippen LogP contribution is 2.27. The first-order chi connectivity index (χ1) is 9.78. The van der Waals surface area contributed by atoms with Gasteiger partial charge in [0.2, 0.25) is 0 Å². The van der Waals surface area contributed by atoms with Gasteiger partial charge in [-0.1, -0.05) is 18.2 Å². The zero-order valence-electron chi connectivity index (χ0n) is 11.4. The first-order valence-corrected chi connectivity index (χ1v) is 7.18. The fraction of sp³-hybridized carbons (Fsp3) is 0.533. The molecule has 20 heavy (non-hydrogen) atoms.